The van der Waals surface area contributed by atoms with Crippen LogP contribution in [-0.2, 0) is 4.74 Å². The molecule has 4 aliphatic carbocycles. The van der Waals surface area contributed by atoms with Crippen LogP contribution in [-0.4, -0.2) is 25.8 Å². The summed E-state index contributed by atoms with van der Waals surface area (Å²) in [6.07, 6.45) is 11.6. The Morgan fingerprint density at radius 1 is 1.00 bits per heavy atom. The molecular formula is C16H27NO. The van der Waals surface area contributed by atoms with Gasteiger partial charge in [0, 0.05) is 19.1 Å². The van der Waals surface area contributed by atoms with Crippen LogP contribution in [0.15, 0.2) is 0 Å². The molecule has 1 atom stereocenters. The summed E-state index contributed by atoms with van der Waals surface area (Å²) < 4.78 is 6.20. The van der Waals surface area contributed by atoms with Gasteiger partial charge in [-0.2, -0.15) is 0 Å². The number of rotatable bonds is 2. The highest BCUT2D eigenvalue weighted by molar-refractivity contribution is 5.12. The maximum Gasteiger partial charge on any atom is 0.0859 e. The monoisotopic (exact) mass is 249 g/mol. The fourth-order valence-electron chi connectivity index (χ4n) is 6.39. The van der Waals surface area contributed by atoms with E-state index in [2.05, 4.69) is 5.32 Å². The Bertz CT molecular complexity index is 297. The van der Waals surface area contributed by atoms with Crippen molar-refractivity contribution in [3.8, 4) is 0 Å². The minimum atomic E-state index is 0.168. The third-order valence-corrected chi connectivity index (χ3v) is 6.74. The molecule has 4 saturated carbocycles. The van der Waals surface area contributed by atoms with E-state index in [1.807, 2.05) is 7.11 Å². The van der Waals surface area contributed by atoms with Crippen LogP contribution in [0.5, 0.6) is 0 Å². The van der Waals surface area contributed by atoms with Gasteiger partial charge in [-0.25, -0.2) is 0 Å². The van der Waals surface area contributed by atoms with Crippen molar-refractivity contribution in [3.63, 3.8) is 0 Å². The predicted octanol–water partition coefficient (Wildman–Crippen LogP) is 2.97. The summed E-state index contributed by atoms with van der Waals surface area (Å²) in [5, 5.41) is 3.63. The number of hydrogen-bond acceptors (Lipinski definition) is 2. The third kappa shape index (κ3) is 1.48. The van der Waals surface area contributed by atoms with Gasteiger partial charge >= 0.3 is 0 Å². The predicted molar refractivity (Wildman–Crippen MR) is 72.4 cm³/mol. The van der Waals surface area contributed by atoms with Gasteiger partial charge in [0.05, 0.1) is 5.60 Å². The molecule has 0 amide bonds. The van der Waals surface area contributed by atoms with Gasteiger partial charge in [-0.15, -0.1) is 0 Å². The second-order valence-electron chi connectivity index (χ2n) is 7.68. The average Bonchev–Trinajstić information content (AvgIpc) is 2.38. The van der Waals surface area contributed by atoms with Crippen LogP contribution < -0.4 is 5.32 Å². The summed E-state index contributed by atoms with van der Waals surface area (Å²) in [6, 6.07) is 0. The topological polar surface area (TPSA) is 21.3 Å². The molecule has 5 rings (SSSR count). The molecule has 5 fully saturated rings. The Labute approximate surface area is 111 Å². The minimum Gasteiger partial charge on any atom is -0.376 e. The molecule has 0 spiro atoms. The molecule has 102 valence electrons. The van der Waals surface area contributed by atoms with Crippen molar-refractivity contribution >= 4 is 0 Å². The van der Waals surface area contributed by atoms with E-state index in [1.165, 1.54) is 57.9 Å². The smallest absolute Gasteiger partial charge is 0.0859 e. The van der Waals surface area contributed by atoms with E-state index in [0.717, 1.165) is 24.3 Å². The molecule has 2 heteroatoms. The van der Waals surface area contributed by atoms with Gasteiger partial charge in [0.1, 0.15) is 0 Å². The molecule has 5 aliphatic rings. The van der Waals surface area contributed by atoms with Crippen molar-refractivity contribution in [2.24, 2.45) is 23.2 Å². The van der Waals surface area contributed by atoms with Gasteiger partial charge in [0.2, 0.25) is 0 Å². The van der Waals surface area contributed by atoms with Gasteiger partial charge < -0.3 is 10.1 Å². The van der Waals surface area contributed by atoms with Crippen LogP contribution in [0.4, 0.5) is 0 Å². The van der Waals surface area contributed by atoms with Gasteiger partial charge in [-0.3, -0.25) is 0 Å². The zero-order valence-corrected chi connectivity index (χ0v) is 11.7. The Hall–Kier alpha value is -0.0800. The lowest BCUT2D eigenvalue weighted by molar-refractivity contribution is -0.199. The zero-order valence-electron chi connectivity index (χ0n) is 11.7. The summed E-state index contributed by atoms with van der Waals surface area (Å²) in [5.74, 6) is 3.10. The molecule has 0 aromatic carbocycles. The Morgan fingerprint density at radius 3 is 2.06 bits per heavy atom. The highest BCUT2D eigenvalue weighted by Crippen LogP contribution is 2.65. The van der Waals surface area contributed by atoms with E-state index in [9.17, 15) is 0 Å². The summed E-state index contributed by atoms with van der Waals surface area (Å²) in [7, 11) is 1.98. The van der Waals surface area contributed by atoms with Crippen molar-refractivity contribution in [1.29, 1.82) is 0 Å². The number of piperidine rings is 1. The van der Waals surface area contributed by atoms with E-state index >= 15 is 0 Å². The average molecular weight is 249 g/mol. The fourth-order valence-corrected chi connectivity index (χ4v) is 6.39. The van der Waals surface area contributed by atoms with Crippen molar-refractivity contribution in [3.05, 3.63) is 0 Å². The van der Waals surface area contributed by atoms with Gasteiger partial charge in [-0.05, 0) is 75.7 Å². The normalized spacial score (nSPS) is 54.8. The van der Waals surface area contributed by atoms with E-state index < -0.39 is 0 Å². The molecule has 2 nitrogen and oxygen atoms in total. The minimum absolute atomic E-state index is 0.168. The Balaban J connectivity index is 1.69. The van der Waals surface area contributed by atoms with Gasteiger partial charge in [0.15, 0.2) is 0 Å². The first-order chi connectivity index (χ1) is 8.75. The third-order valence-electron chi connectivity index (χ3n) is 6.74. The molecule has 0 aromatic rings. The summed E-state index contributed by atoms with van der Waals surface area (Å²) in [4.78, 5) is 0. The molecule has 1 unspecified atom stereocenters. The fraction of sp³-hybridized carbons (Fsp3) is 1.00. The molecule has 0 radical (unpaired) electrons. The molecule has 1 heterocycles. The van der Waals surface area contributed by atoms with Gasteiger partial charge in [-0.1, -0.05) is 0 Å². The van der Waals surface area contributed by atoms with Crippen molar-refractivity contribution < 1.29 is 4.74 Å². The number of hydrogen-bond donors (Lipinski definition) is 1. The maximum absolute atomic E-state index is 6.20. The zero-order chi connectivity index (χ0) is 12.2. The van der Waals surface area contributed by atoms with E-state index in [4.69, 9.17) is 4.74 Å². The lowest BCUT2D eigenvalue weighted by Gasteiger charge is -2.64. The van der Waals surface area contributed by atoms with Crippen LogP contribution in [0, 0.1) is 23.2 Å². The summed E-state index contributed by atoms with van der Waals surface area (Å²) in [5.41, 5.74) is 0.700. The van der Waals surface area contributed by atoms with E-state index in [-0.39, 0.29) is 5.60 Å². The molecule has 4 bridgehead atoms. The lowest BCUT2D eigenvalue weighted by Crippen LogP contribution is -2.64. The van der Waals surface area contributed by atoms with E-state index in [1.54, 1.807) is 0 Å². The van der Waals surface area contributed by atoms with Crippen molar-refractivity contribution in [2.75, 3.05) is 20.2 Å². The second-order valence-corrected chi connectivity index (χ2v) is 7.68. The number of nitrogens with one attached hydrogen (secondary N) is 1. The van der Waals surface area contributed by atoms with Crippen LogP contribution in [0.25, 0.3) is 0 Å². The summed E-state index contributed by atoms with van der Waals surface area (Å²) >= 11 is 0. The Morgan fingerprint density at radius 2 is 1.61 bits per heavy atom. The standard InChI is InChI=1S/C16H27NO/c1-18-16(3-2-4-17-11-16)15-8-12-5-13(9-15)7-14(6-12)10-15/h12-14,17H,2-11H2,1H3. The largest absolute Gasteiger partial charge is 0.376 e. The molecule has 18 heavy (non-hydrogen) atoms. The van der Waals surface area contributed by atoms with Crippen LogP contribution in [0.3, 0.4) is 0 Å². The highest BCUT2D eigenvalue weighted by atomic mass is 16.5. The quantitative estimate of drug-likeness (QED) is 0.812. The van der Waals surface area contributed by atoms with Crippen molar-refractivity contribution in [1.82, 2.24) is 5.32 Å². The summed E-state index contributed by atoms with van der Waals surface area (Å²) in [6.45, 7) is 2.30. The highest BCUT2D eigenvalue weighted by Gasteiger charge is 2.60. The second kappa shape index (κ2) is 3.96. The lowest BCUT2D eigenvalue weighted by atomic mass is 9.44. The van der Waals surface area contributed by atoms with Crippen LogP contribution in [0.2, 0.25) is 0 Å². The number of methoxy groups -OCH3 is 1. The van der Waals surface area contributed by atoms with Gasteiger partial charge in [0.25, 0.3) is 0 Å². The molecular weight excluding hydrogens is 222 g/mol. The first-order valence-corrected chi connectivity index (χ1v) is 8.01. The first kappa shape index (κ1) is 11.7. The Kier molecular flexibility index (Phi) is 2.58. The first-order valence-electron chi connectivity index (χ1n) is 8.01. The van der Waals surface area contributed by atoms with E-state index in [0.29, 0.717) is 5.41 Å². The van der Waals surface area contributed by atoms with Crippen LogP contribution >= 0.6 is 0 Å². The molecule has 1 saturated heterocycles. The maximum atomic E-state index is 6.20. The van der Waals surface area contributed by atoms with Crippen LogP contribution in [0.1, 0.15) is 51.4 Å². The number of ether oxygens (including phenoxy) is 1. The molecule has 0 aromatic heterocycles. The molecule has 1 aliphatic heterocycles. The van der Waals surface area contributed by atoms with Crippen molar-refractivity contribution in [2.45, 2.75) is 57.0 Å². The SMILES string of the molecule is COC1(C23CC4CC(CC(C4)C2)C3)CCCNC1. The molecule has 1 N–H and O–H groups in total.